The number of rotatable bonds is 1. The van der Waals surface area contributed by atoms with Crippen LogP contribution in [0.5, 0.6) is 0 Å². The predicted octanol–water partition coefficient (Wildman–Crippen LogP) is 1.87. The van der Waals surface area contributed by atoms with E-state index in [9.17, 15) is 14.4 Å². The molecule has 1 aromatic rings. The number of imide groups is 1. The first-order chi connectivity index (χ1) is 9.25. The third-order valence-corrected chi connectivity index (χ3v) is 3.84. The number of benzene rings is 1. The number of nitrogens with zero attached hydrogens (tertiary/aromatic N) is 1. The lowest BCUT2D eigenvalue weighted by Crippen LogP contribution is -2.65. The van der Waals surface area contributed by atoms with Crippen molar-refractivity contribution in [1.29, 1.82) is 0 Å². The zero-order chi connectivity index (χ0) is 15.1. The van der Waals surface area contributed by atoms with Gasteiger partial charge in [-0.15, -0.1) is 0 Å². The van der Waals surface area contributed by atoms with Crippen LogP contribution in [0, 0.1) is 0 Å². The second-order valence-electron chi connectivity index (χ2n) is 4.92. The molecule has 1 fully saturated rings. The molecular weight excluding hydrogens is 303 g/mol. The molecular formula is C13H12Cl2N2O3. The fourth-order valence-electron chi connectivity index (χ4n) is 1.95. The average Bonchev–Trinajstić information content (AvgIpc) is 2.33. The Bertz CT molecular complexity index is 593. The van der Waals surface area contributed by atoms with Gasteiger partial charge in [0.1, 0.15) is 12.1 Å². The molecule has 5 nitrogen and oxygen atoms in total. The quantitative estimate of drug-likeness (QED) is 0.805. The number of halogens is 2. The number of carbonyl (C=O) groups excluding carboxylic acids is 3. The molecule has 0 saturated carbocycles. The summed E-state index contributed by atoms with van der Waals surface area (Å²) < 4.78 is 0. The van der Waals surface area contributed by atoms with Crippen molar-refractivity contribution in [2.24, 2.45) is 0 Å². The van der Waals surface area contributed by atoms with Gasteiger partial charge < -0.3 is 4.90 Å². The fraction of sp³-hybridized carbons (Fsp3) is 0.308. The van der Waals surface area contributed by atoms with Crippen LogP contribution in [0.3, 0.4) is 0 Å². The van der Waals surface area contributed by atoms with Crippen molar-refractivity contribution >= 4 is 40.9 Å². The summed E-state index contributed by atoms with van der Waals surface area (Å²) in [6.07, 6.45) is 0. The first kappa shape index (κ1) is 14.8. The van der Waals surface area contributed by atoms with Crippen molar-refractivity contribution in [1.82, 2.24) is 10.2 Å². The highest BCUT2D eigenvalue weighted by molar-refractivity contribution is 6.39. The van der Waals surface area contributed by atoms with E-state index in [-0.39, 0.29) is 22.2 Å². The first-order valence-corrected chi connectivity index (χ1v) is 6.61. The van der Waals surface area contributed by atoms with E-state index >= 15 is 0 Å². The van der Waals surface area contributed by atoms with Crippen LogP contribution in [-0.2, 0) is 9.59 Å². The topological polar surface area (TPSA) is 66.5 Å². The zero-order valence-corrected chi connectivity index (χ0v) is 12.4. The molecule has 0 atom stereocenters. The minimum atomic E-state index is -1.16. The lowest BCUT2D eigenvalue weighted by atomic mass is 9.97. The van der Waals surface area contributed by atoms with Gasteiger partial charge in [-0.1, -0.05) is 29.3 Å². The SMILES string of the molecule is CC1(C)C(=O)NC(=O)CN1C(=O)c1c(Cl)cccc1Cl. The number of nitrogens with one attached hydrogen (secondary N) is 1. The van der Waals surface area contributed by atoms with Crippen molar-refractivity contribution in [2.75, 3.05) is 6.54 Å². The zero-order valence-electron chi connectivity index (χ0n) is 10.9. The summed E-state index contributed by atoms with van der Waals surface area (Å²) in [7, 11) is 0. The summed E-state index contributed by atoms with van der Waals surface area (Å²) in [5, 5.41) is 2.55. The molecule has 7 heteroatoms. The molecule has 1 aromatic carbocycles. The van der Waals surface area contributed by atoms with Gasteiger partial charge >= 0.3 is 0 Å². The van der Waals surface area contributed by atoms with Crippen LogP contribution >= 0.6 is 23.2 Å². The summed E-state index contributed by atoms with van der Waals surface area (Å²) >= 11 is 12.0. The van der Waals surface area contributed by atoms with Crippen LogP contribution in [0.4, 0.5) is 0 Å². The number of amides is 3. The molecule has 0 bridgehead atoms. The van der Waals surface area contributed by atoms with Gasteiger partial charge in [0.2, 0.25) is 5.91 Å². The molecule has 1 heterocycles. The summed E-state index contributed by atoms with van der Waals surface area (Å²) in [5.74, 6) is -1.62. The van der Waals surface area contributed by atoms with E-state index in [1.165, 1.54) is 17.0 Å². The highest BCUT2D eigenvalue weighted by atomic mass is 35.5. The second-order valence-corrected chi connectivity index (χ2v) is 5.74. The van der Waals surface area contributed by atoms with Crippen molar-refractivity contribution in [3.8, 4) is 0 Å². The lowest BCUT2D eigenvalue weighted by molar-refractivity contribution is -0.143. The van der Waals surface area contributed by atoms with Gasteiger partial charge in [-0.2, -0.15) is 0 Å². The predicted molar refractivity (Wildman–Crippen MR) is 74.7 cm³/mol. The molecule has 0 aromatic heterocycles. The fourth-order valence-corrected chi connectivity index (χ4v) is 2.50. The van der Waals surface area contributed by atoms with Crippen LogP contribution in [-0.4, -0.2) is 34.7 Å². The Morgan fingerprint density at radius 3 is 2.35 bits per heavy atom. The van der Waals surface area contributed by atoms with Crippen molar-refractivity contribution in [3.05, 3.63) is 33.8 Å². The highest BCUT2D eigenvalue weighted by Crippen LogP contribution is 2.29. The molecule has 20 heavy (non-hydrogen) atoms. The van der Waals surface area contributed by atoms with Gasteiger partial charge in [-0.25, -0.2) is 0 Å². The minimum Gasteiger partial charge on any atom is -0.315 e. The normalized spacial score (nSPS) is 17.9. The summed E-state index contributed by atoms with van der Waals surface area (Å²) in [6, 6.07) is 4.67. The molecule has 2 rings (SSSR count). The largest absolute Gasteiger partial charge is 0.315 e. The monoisotopic (exact) mass is 314 g/mol. The highest BCUT2D eigenvalue weighted by Gasteiger charge is 2.44. The molecule has 1 N–H and O–H groups in total. The maximum absolute atomic E-state index is 12.6. The maximum atomic E-state index is 12.6. The first-order valence-electron chi connectivity index (χ1n) is 5.85. The maximum Gasteiger partial charge on any atom is 0.258 e. The molecule has 0 unspecified atom stereocenters. The molecule has 1 aliphatic rings. The third kappa shape index (κ3) is 2.39. The van der Waals surface area contributed by atoms with Gasteiger partial charge in [0.25, 0.3) is 11.8 Å². The van der Waals surface area contributed by atoms with Crippen LogP contribution < -0.4 is 5.32 Å². The second kappa shape index (κ2) is 5.07. The Morgan fingerprint density at radius 1 is 1.25 bits per heavy atom. The summed E-state index contributed by atoms with van der Waals surface area (Å²) in [6.45, 7) is 2.88. The average molecular weight is 315 g/mol. The molecule has 1 aliphatic heterocycles. The molecule has 1 saturated heterocycles. The molecule has 0 spiro atoms. The van der Waals surface area contributed by atoms with E-state index in [2.05, 4.69) is 5.32 Å². The Kier molecular flexibility index (Phi) is 3.75. The van der Waals surface area contributed by atoms with E-state index in [4.69, 9.17) is 23.2 Å². The van der Waals surface area contributed by atoms with Crippen LogP contribution in [0.25, 0.3) is 0 Å². The number of piperazine rings is 1. The van der Waals surface area contributed by atoms with Gasteiger partial charge in [0, 0.05) is 0 Å². The molecule has 0 radical (unpaired) electrons. The van der Waals surface area contributed by atoms with Gasteiger partial charge in [0.15, 0.2) is 0 Å². The van der Waals surface area contributed by atoms with Crippen molar-refractivity contribution in [3.63, 3.8) is 0 Å². The molecule has 106 valence electrons. The van der Waals surface area contributed by atoms with E-state index in [1.54, 1.807) is 19.9 Å². The Hall–Kier alpha value is -1.59. The Morgan fingerprint density at radius 2 is 1.80 bits per heavy atom. The summed E-state index contributed by atoms with van der Waals surface area (Å²) in [4.78, 5) is 37.1. The lowest BCUT2D eigenvalue weighted by Gasteiger charge is -2.40. The van der Waals surface area contributed by atoms with Gasteiger partial charge in [-0.05, 0) is 26.0 Å². The van der Waals surface area contributed by atoms with E-state index in [0.717, 1.165) is 0 Å². The molecule has 0 aliphatic carbocycles. The number of carbonyl (C=O) groups is 3. The standard InChI is InChI=1S/C13H12Cl2N2O3/c1-13(2)12(20)16-9(18)6-17(13)11(19)10-7(14)4-3-5-8(10)15/h3-5H,6H2,1-2H3,(H,16,18,20). The molecule has 3 amide bonds. The smallest absolute Gasteiger partial charge is 0.258 e. The van der Waals surface area contributed by atoms with E-state index in [0.29, 0.717) is 0 Å². The number of hydrogen-bond donors (Lipinski definition) is 1. The van der Waals surface area contributed by atoms with E-state index in [1.807, 2.05) is 0 Å². The number of hydrogen-bond acceptors (Lipinski definition) is 3. The Balaban J connectivity index is 2.46. The van der Waals surface area contributed by atoms with Crippen molar-refractivity contribution in [2.45, 2.75) is 19.4 Å². The van der Waals surface area contributed by atoms with Crippen LogP contribution in [0.15, 0.2) is 18.2 Å². The Labute approximate surface area is 125 Å². The third-order valence-electron chi connectivity index (χ3n) is 3.21. The minimum absolute atomic E-state index is 0.0893. The van der Waals surface area contributed by atoms with E-state index < -0.39 is 23.3 Å². The van der Waals surface area contributed by atoms with Gasteiger partial charge in [0.05, 0.1) is 15.6 Å². The van der Waals surface area contributed by atoms with Crippen LogP contribution in [0.1, 0.15) is 24.2 Å². The van der Waals surface area contributed by atoms with Crippen molar-refractivity contribution < 1.29 is 14.4 Å². The summed E-state index contributed by atoms with van der Waals surface area (Å²) in [5.41, 5.74) is -1.07. The van der Waals surface area contributed by atoms with Gasteiger partial charge in [-0.3, -0.25) is 19.7 Å². The van der Waals surface area contributed by atoms with Crippen LogP contribution in [0.2, 0.25) is 10.0 Å².